The minimum absolute atomic E-state index is 0.0223. The number of halogens is 1. The quantitative estimate of drug-likeness (QED) is 0.643. The summed E-state index contributed by atoms with van der Waals surface area (Å²) in [4.78, 5) is 10.5. The average Bonchev–Trinajstić information content (AvgIpc) is 2.16. The van der Waals surface area contributed by atoms with Crippen LogP contribution in [0.4, 0.5) is 0 Å². The first kappa shape index (κ1) is 8.57. The zero-order chi connectivity index (χ0) is 9.26. The SMILES string of the molecule is O=CC1COc2ccc(Cl)cc2C1. The largest absolute Gasteiger partial charge is 0.493 e. The number of rotatable bonds is 1. The molecule has 2 rings (SSSR count). The van der Waals surface area contributed by atoms with E-state index in [4.69, 9.17) is 16.3 Å². The van der Waals surface area contributed by atoms with Crippen LogP contribution in [0.1, 0.15) is 5.56 Å². The second-order valence-electron chi connectivity index (χ2n) is 3.16. The van der Waals surface area contributed by atoms with E-state index >= 15 is 0 Å². The predicted molar refractivity (Wildman–Crippen MR) is 50.2 cm³/mol. The fourth-order valence-corrected chi connectivity index (χ4v) is 1.67. The standard InChI is InChI=1S/C10H9ClO2/c11-9-1-2-10-8(4-9)3-7(5-12)6-13-10/h1-2,4-5,7H,3,6H2. The molecule has 0 spiro atoms. The average molecular weight is 197 g/mol. The lowest BCUT2D eigenvalue weighted by Crippen LogP contribution is -2.21. The molecule has 0 fully saturated rings. The summed E-state index contributed by atoms with van der Waals surface area (Å²) in [6, 6.07) is 5.49. The van der Waals surface area contributed by atoms with Crippen LogP contribution >= 0.6 is 11.6 Å². The fraction of sp³-hybridized carbons (Fsp3) is 0.300. The van der Waals surface area contributed by atoms with Gasteiger partial charge in [-0.3, -0.25) is 0 Å². The van der Waals surface area contributed by atoms with Crippen molar-refractivity contribution in [2.75, 3.05) is 6.61 Å². The van der Waals surface area contributed by atoms with E-state index in [9.17, 15) is 4.79 Å². The first-order valence-electron chi connectivity index (χ1n) is 4.16. The summed E-state index contributed by atoms with van der Waals surface area (Å²) in [5.74, 6) is 0.827. The lowest BCUT2D eigenvalue weighted by Gasteiger charge is -2.21. The van der Waals surface area contributed by atoms with Gasteiger partial charge < -0.3 is 9.53 Å². The van der Waals surface area contributed by atoms with Gasteiger partial charge in [-0.1, -0.05) is 11.6 Å². The number of hydrogen-bond donors (Lipinski definition) is 0. The molecule has 1 aliphatic heterocycles. The van der Waals surface area contributed by atoms with Crippen LogP contribution < -0.4 is 4.74 Å². The second kappa shape index (κ2) is 3.38. The van der Waals surface area contributed by atoms with E-state index in [2.05, 4.69) is 0 Å². The van der Waals surface area contributed by atoms with Crippen molar-refractivity contribution in [2.45, 2.75) is 6.42 Å². The van der Waals surface area contributed by atoms with Crippen LogP contribution in [0.3, 0.4) is 0 Å². The molecule has 0 radical (unpaired) electrons. The normalized spacial score (nSPS) is 20.2. The molecule has 1 aromatic rings. The third-order valence-corrected chi connectivity index (χ3v) is 2.39. The first-order chi connectivity index (χ1) is 6.29. The molecular weight excluding hydrogens is 188 g/mol. The molecule has 1 aliphatic rings. The monoisotopic (exact) mass is 196 g/mol. The molecule has 1 heterocycles. The van der Waals surface area contributed by atoms with Crippen molar-refractivity contribution in [3.05, 3.63) is 28.8 Å². The Morgan fingerprint density at radius 3 is 3.15 bits per heavy atom. The Balaban J connectivity index is 2.32. The molecule has 0 amide bonds. The number of hydrogen-bond acceptors (Lipinski definition) is 2. The summed E-state index contributed by atoms with van der Waals surface area (Å²) >= 11 is 5.82. The van der Waals surface area contributed by atoms with E-state index < -0.39 is 0 Å². The minimum Gasteiger partial charge on any atom is -0.493 e. The van der Waals surface area contributed by atoms with Crippen molar-refractivity contribution in [3.63, 3.8) is 0 Å². The van der Waals surface area contributed by atoms with Gasteiger partial charge in [0.1, 0.15) is 12.0 Å². The summed E-state index contributed by atoms with van der Waals surface area (Å²) in [7, 11) is 0. The Hall–Kier alpha value is -1.02. The highest BCUT2D eigenvalue weighted by Gasteiger charge is 2.18. The van der Waals surface area contributed by atoms with Crippen molar-refractivity contribution in [2.24, 2.45) is 5.92 Å². The summed E-state index contributed by atoms with van der Waals surface area (Å²) in [6.07, 6.45) is 1.67. The topological polar surface area (TPSA) is 26.3 Å². The van der Waals surface area contributed by atoms with Crippen LogP contribution in [0.25, 0.3) is 0 Å². The Morgan fingerprint density at radius 2 is 2.38 bits per heavy atom. The highest BCUT2D eigenvalue weighted by molar-refractivity contribution is 6.30. The van der Waals surface area contributed by atoms with Gasteiger partial charge in [-0.05, 0) is 30.2 Å². The number of carbonyl (C=O) groups is 1. The third kappa shape index (κ3) is 1.68. The maximum atomic E-state index is 10.5. The molecule has 13 heavy (non-hydrogen) atoms. The zero-order valence-corrected chi connectivity index (χ0v) is 7.75. The van der Waals surface area contributed by atoms with Crippen LogP contribution in [0.2, 0.25) is 5.02 Å². The maximum absolute atomic E-state index is 10.5. The van der Waals surface area contributed by atoms with Gasteiger partial charge in [0.2, 0.25) is 0 Å². The Bertz CT molecular complexity index is 336. The number of benzene rings is 1. The molecule has 0 N–H and O–H groups in total. The molecule has 68 valence electrons. The predicted octanol–water partition coefficient (Wildman–Crippen LogP) is 2.09. The van der Waals surface area contributed by atoms with E-state index in [0.29, 0.717) is 11.6 Å². The van der Waals surface area contributed by atoms with Crippen molar-refractivity contribution < 1.29 is 9.53 Å². The van der Waals surface area contributed by atoms with Crippen LogP contribution in [-0.2, 0) is 11.2 Å². The van der Waals surface area contributed by atoms with Gasteiger partial charge in [0.25, 0.3) is 0 Å². The van der Waals surface area contributed by atoms with E-state index in [1.807, 2.05) is 12.1 Å². The van der Waals surface area contributed by atoms with Gasteiger partial charge in [0.15, 0.2) is 0 Å². The van der Waals surface area contributed by atoms with Crippen molar-refractivity contribution in [3.8, 4) is 5.75 Å². The lowest BCUT2D eigenvalue weighted by atomic mass is 9.98. The lowest BCUT2D eigenvalue weighted by molar-refractivity contribution is -0.112. The van der Waals surface area contributed by atoms with Gasteiger partial charge in [-0.2, -0.15) is 0 Å². The number of carbonyl (C=O) groups excluding carboxylic acids is 1. The summed E-state index contributed by atoms with van der Waals surface area (Å²) in [6.45, 7) is 0.484. The first-order valence-corrected chi connectivity index (χ1v) is 4.54. The van der Waals surface area contributed by atoms with E-state index in [1.165, 1.54) is 0 Å². The van der Waals surface area contributed by atoms with Gasteiger partial charge in [0.05, 0.1) is 12.5 Å². The molecule has 3 heteroatoms. The van der Waals surface area contributed by atoms with Crippen LogP contribution in [-0.4, -0.2) is 12.9 Å². The molecular formula is C10H9ClO2. The van der Waals surface area contributed by atoms with Crippen LogP contribution in [0, 0.1) is 5.92 Å². The smallest absolute Gasteiger partial charge is 0.126 e. The zero-order valence-electron chi connectivity index (χ0n) is 7.00. The highest BCUT2D eigenvalue weighted by atomic mass is 35.5. The van der Waals surface area contributed by atoms with E-state index in [0.717, 1.165) is 24.0 Å². The molecule has 0 saturated carbocycles. The van der Waals surface area contributed by atoms with Crippen molar-refractivity contribution in [1.29, 1.82) is 0 Å². The molecule has 1 atom stereocenters. The van der Waals surface area contributed by atoms with Crippen molar-refractivity contribution >= 4 is 17.9 Å². The maximum Gasteiger partial charge on any atom is 0.126 e. The Labute approximate surface area is 81.5 Å². The molecule has 1 aromatic carbocycles. The Morgan fingerprint density at radius 1 is 1.54 bits per heavy atom. The Kier molecular flexibility index (Phi) is 2.23. The number of aldehydes is 1. The second-order valence-corrected chi connectivity index (χ2v) is 3.60. The molecule has 0 aromatic heterocycles. The third-order valence-electron chi connectivity index (χ3n) is 2.15. The molecule has 2 nitrogen and oxygen atoms in total. The molecule has 0 saturated heterocycles. The van der Waals surface area contributed by atoms with Gasteiger partial charge in [-0.25, -0.2) is 0 Å². The fourth-order valence-electron chi connectivity index (χ4n) is 1.47. The summed E-state index contributed by atoms with van der Waals surface area (Å²) < 4.78 is 5.39. The van der Waals surface area contributed by atoms with E-state index in [1.54, 1.807) is 6.07 Å². The van der Waals surface area contributed by atoms with Crippen molar-refractivity contribution in [1.82, 2.24) is 0 Å². The number of ether oxygens (including phenoxy) is 1. The number of fused-ring (bicyclic) bond motifs is 1. The summed E-state index contributed by atoms with van der Waals surface area (Å²) in [5, 5.41) is 0.689. The van der Waals surface area contributed by atoms with E-state index in [-0.39, 0.29) is 5.92 Å². The van der Waals surface area contributed by atoms with Gasteiger partial charge >= 0.3 is 0 Å². The molecule has 1 unspecified atom stereocenters. The van der Waals surface area contributed by atoms with Crippen LogP contribution in [0.15, 0.2) is 18.2 Å². The van der Waals surface area contributed by atoms with Gasteiger partial charge in [0, 0.05) is 5.02 Å². The minimum atomic E-state index is -0.0223. The molecule has 0 aliphatic carbocycles. The van der Waals surface area contributed by atoms with Crippen LogP contribution in [0.5, 0.6) is 5.75 Å². The highest BCUT2D eigenvalue weighted by Crippen LogP contribution is 2.28. The summed E-state index contributed by atoms with van der Waals surface area (Å²) in [5.41, 5.74) is 1.02. The molecule has 0 bridgehead atoms. The van der Waals surface area contributed by atoms with Gasteiger partial charge in [-0.15, -0.1) is 0 Å².